The molecule has 0 atom stereocenters. The first kappa shape index (κ1) is 9.05. The van der Waals surface area contributed by atoms with E-state index in [-0.39, 0.29) is 0 Å². The third kappa shape index (κ3) is 8.05. The van der Waals surface area contributed by atoms with Gasteiger partial charge in [-0.25, -0.2) is 0 Å². The first-order valence-corrected chi connectivity index (χ1v) is 3.84. The predicted molar refractivity (Wildman–Crippen MR) is 44.1 cm³/mol. The summed E-state index contributed by atoms with van der Waals surface area (Å²) >= 11 is 4.05. The quantitative estimate of drug-likeness (QED) is 0.354. The van der Waals surface area contributed by atoms with Gasteiger partial charge in [-0.3, -0.25) is 0 Å². The molecule has 0 aliphatic heterocycles. The van der Waals surface area contributed by atoms with Gasteiger partial charge in [-0.1, -0.05) is 12.2 Å². The van der Waals surface area contributed by atoms with Gasteiger partial charge in [0.25, 0.3) is 0 Å². The Morgan fingerprint density at radius 2 is 2.33 bits per heavy atom. The number of hydrogen-bond donors (Lipinski definition) is 1. The fourth-order valence-electron chi connectivity index (χ4n) is 0.414. The fourth-order valence-corrected chi connectivity index (χ4v) is 0.543. The highest BCUT2D eigenvalue weighted by molar-refractivity contribution is 7.80. The van der Waals surface area contributed by atoms with E-state index in [4.69, 9.17) is 4.74 Å². The van der Waals surface area contributed by atoms with Crippen LogP contribution >= 0.6 is 12.6 Å². The maximum atomic E-state index is 5.18. The van der Waals surface area contributed by atoms with Crippen LogP contribution < -0.4 is 0 Å². The normalized spacial score (nSPS) is 10.9. The van der Waals surface area contributed by atoms with Gasteiger partial charge in [0, 0.05) is 6.61 Å². The lowest BCUT2D eigenvalue weighted by Gasteiger charge is -1.96. The summed E-state index contributed by atoms with van der Waals surface area (Å²) in [4.78, 5) is 0. The van der Waals surface area contributed by atoms with Crippen LogP contribution in [0.25, 0.3) is 0 Å². The van der Waals surface area contributed by atoms with Crippen molar-refractivity contribution < 1.29 is 4.74 Å². The molecule has 1 nitrogen and oxygen atoms in total. The van der Waals surface area contributed by atoms with E-state index in [0.29, 0.717) is 0 Å². The van der Waals surface area contributed by atoms with Crippen molar-refractivity contribution in [3.05, 3.63) is 12.2 Å². The maximum absolute atomic E-state index is 5.18. The molecule has 2 heteroatoms. The average Bonchev–Trinajstić information content (AvgIpc) is 1.89. The van der Waals surface area contributed by atoms with E-state index in [1.807, 2.05) is 19.1 Å². The molecular weight excluding hydrogens is 132 g/mol. The third-order valence-corrected chi connectivity index (χ3v) is 1.21. The minimum absolute atomic E-state index is 0.740. The van der Waals surface area contributed by atoms with Crippen LogP contribution in [-0.2, 0) is 4.74 Å². The maximum Gasteiger partial charge on any atom is 0.0647 e. The van der Waals surface area contributed by atoms with Crippen LogP contribution in [0, 0.1) is 0 Å². The van der Waals surface area contributed by atoms with Crippen molar-refractivity contribution in [1.29, 1.82) is 0 Å². The summed E-state index contributed by atoms with van der Waals surface area (Å²) in [5.74, 6) is 0.913. The third-order valence-electron chi connectivity index (χ3n) is 0.897. The molecule has 0 aliphatic carbocycles. The van der Waals surface area contributed by atoms with E-state index in [1.165, 1.54) is 0 Å². The summed E-state index contributed by atoms with van der Waals surface area (Å²) in [6.45, 7) is 3.56. The second kappa shape index (κ2) is 8.05. The molecule has 0 unspecified atom stereocenters. The van der Waals surface area contributed by atoms with E-state index in [1.54, 1.807) is 0 Å². The van der Waals surface area contributed by atoms with Gasteiger partial charge < -0.3 is 4.74 Å². The molecule has 0 aromatic carbocycles. The van der Waals surface area contributed by atoms with Gasteiger partial charge in [-0.15, -0.1) is 0 Å². The Labute approximate surface area is 62.5 Å². The Kier molecular flexibility index (Phi) is 8.09. The lowest BCUT2D eigenvalue weighted by atomic mass is 10.5. The molecule has 9 heavy (non-hydrogen) atoms. The SMILES string of the molecule is C/C=C/COCCCS. The number of ether oxygens (including phenoxy) is 1. The molecule has 0 spiro atoms. The van der Waals surface area contributed by atoms with Crippen LogP contribution in [0.15, 0.2) is 12.2 Å². The molecule has 0 saturated heterocycles. The van der Waals surface area contributed by atoms with Crippen molar-refractivity contribution in [3.8, 4) is 0 Å². The Morgan fingerprint density at radius 1 is 1.56 bits per heavy atom. The Hall–Kier alpha value is 0.0500. The van der Waals surface area contributed by atoms with Crippen LogP contribution in [0.5, 0.6) is 0 Å². The van der Waals surface area contributed by atoms with Crippen molar-refractivity contribution in [3.63, 3.8) is 0 Å². The molecule has 0 heterocycles. The smallest absolute Gasteiger partial charge is 0.0647 e. The van der Waals surface area contributed by atoms with E-state index in [9.17, 15) is 0 Å². The molecule has 0 aromatic rings. The molecular formula is C7H14OS. The standard InChI is InChI=1S/C7H14OS/c1-2-3-5-8-6-4-7-9/h2-3,9H,4-7H2,1H3/b3-2+. The second-order valence-corrected chi connectivity index (χ2v) is 2.17. The van der Waals surface area contributed by atoms with Gasteiger partial charge in [0.15, 0.2) is 0 Å². The number of hydrogen-bond acceptors (Lipinski definition) is 2. The number of rotatable bonds is 5. The van der Waals surface area contributed by atoms with E-state index in [2.05, 4.69) is 12.6 Å². The Balaban J connectivity index is 2.75. The topological polar surface area (TPSA) is 9.23 Å². The summed E-state index contributed by atoms with van der Waals surface area (Å²) in [7, 11) is 0. The van der Waals surface area contributed by atoms with Gasteiger partial charge in [0.1, 0.15) is 0 Å². The molecule has 54 valence electrons. The molecule has 0 bridgehead atoms. The van der Waals surface area contributed by atoms with E-state index < -0.39 is 0 Å². The highest BCUT2D eigenvalue weighted by Gasteiger charge is 1.81. The Bertz CT molecular complexity index is 71.3. The lowest BCUT2D eigenvalue weighted by Crippen LogP contribution is -1.94. The minimum Gasteiger partial charge on any atom is -0.377 e. The minimum atomic E-state index is 0.740. The molecule has 0 fully saturated rings. The van der Waals surface area contributed by atoms with Crippen molar-refractivity contribution in [2.45, 2.75) is 13.3 Å². The van der Waals surface area contributed by atoms with Crippen LogP contribution in [0.2, 0.25) is 0 Å². The Morgan fingerprint density at radius 3 is 2.89 bits per heavy atom. The largest absolute Gasteiger partial charge is 0.377 e. The van der Waals surface area contributed by atoms with Crippen molar-refractivity contribution in [2.75, 3.05) is 19.0 Å². The molecule has 0 aliphatic rings. The first-order chi connectivity index (χ1) is 4.41. The fraction of sp³-hybridized carbons (Fsp3) is 0.714. The van der Waals surface area contributed by atoms with Crippen molar-refractivity contribution >= 4 is 12.6 Å². The van der Waals surface area contributed by atoms with E-state index >= 15 is 0 Å². The molecule has 0 aromatic heterocycles. The molecule has 0 saturated carbocycles. The predicted octanol–water partition coefficient (Wildman–Crippen LogP) is 1.90. The monoisotopic (exact) mass is 146 g/mol. The summed E-state index contributed by atoms with van der Waals surface area (Å²) in [5, 5.41) is 0. The zero-order valence-corrected chi connectivity index (χ0v) is 6.73. The van der Waals surface area contributed by atoms with Gasteiger partial charge in [-0.2, -0.15) is 12.6 Å². The molecule has 0 radical (unpaired) electrons. The highest BCUT2D eigenvalue weighted by atomic mass is 32.1. The van der Waals surface area contributed by atoms with Crippen LogP contribution in [0.1, 0.15) is 13.3 Å². The average molecular weight is 146 g/mol. The van der Waals surface area contributed by atoms with E-state index in [0.717, 1.165) is 25.4 Å². The summed E-state index contributed by atoms with van der Waals surface area (Å²) in [5.41, 5.74) is 0. The zero-order chi connectivity index (χ0) is 6.95. The molecule has 0 amide bonds. The first-order valence-electron chi connectivity index (χ1n) is 3.21. The number of allylic oxidation sites excluding steroid dienone is 1. The zero-order valence-electron chi connectivity index (χ0n) is 5.84. The summed E-state index contributed by atoms with van der Waals surface area (Å²) < 4.78 is 5.18. The lowest BCUT2D eigenvalue weighted by molar-refractivity contribution is 0.164. The van der Waals surface area contributed by atoms with Crippen LogP contribution in [0.4, 0.5) is 0 Å². The van der Waals surface area contributed by atoms with Gasteiger partial charge in [-0.05, 0) is 19.1 Å². The van der Waals surface area contributed by atoms with Crippen molar-refractivity contribution in [1.82, 2.24) is 0 Å². The molecule has 0 rings (SSSR count). The molecule has 0 N–H and O–H groups in total. The van der Waals surface area contributed by atoms with Crippen LogP contribution in [0.3, 0.4) is 0 Å². The second-order valence-electron chi connectivity index (χ2n) is 1.72. The van der Waals surface area contributed by atoms with Crippen molar-refractivity contribution in [2.24, 2.45) is 0 Å². The van der Waals surface area contributed by atoms with Crippen LogP contribution in [-0.4, -0.2) is 19.0 Å². The van der Waals surface area contributed by atoms with Gasteiger partial charge in [0.05, 0.1) is 6.61 Å². The van der Waals surface area contributed by atoms with Gasteiger partial charge >= 0.3 is 0 Å². The van der Waals surface area contributed by atoms with Gasteiger partial charge in [0.2, 0.25) is 0 Å². The summed E-state index contributed by atoms with van der Waals surface area (Å²) in [6, 6.07) is 0. The highest BCUT2D eigenvalue weighted by Crippen LogP contribution is 1.85. The number of thiol groups is 1. The summed E-state index contributed by atoms with van der Waals surface area (Å²) in [6.07, 6.45) is 5.03.